The second kappa shape index (κ2) is 10.0. The molecular weight excluding hydrogens is 466 g/mol. The van der Waals surface area contributed by atoms with Crippen molar-refractivity contribution in [2.45, 2.75) is 26.7 Å². The highest BCUT2D eigenvalue weighted by Crippen LogP contribution is 2.20. The third-order valence-corrected chi connectivity index (χ3v) is 5.83. The van der Waals surface area contributed by atoms with Crippen LogP contribution < -0.4 is 0 Å². The summed E-state index contributed by atoms with van der Waals surface area (Å²) >= 11 is 3.42. The number of benzene rings is 1. The summed E-state index contributed by atoms with van der Waals surface area (Å²) in [7, 11) is 1.57. The lowest BCUT2D eigenvalue weighted by Crippen LogP contribution is -2.45. The first-order valence-electron chi connectivity index (χ1n) is 10.2. The predicted molar refractivity (Wildman–Crippen MR) is 117 cm³/mol. The van der Waals surface area contributed by atoms with E-state index < -0.39 is 0 Å². The highest BCUT2D eigenvalue weighted by Gasteiger charge is 2.30. The van der Waals surface area contributed by atoms with Gasteiger partial charge in [-0.1, -0.05) is 27.2 Å². The molecule has 9 nitrogen and oxygen atoms in total. The van der Waals surface area contributed by atoms with Gasteiger partial charge in [0, 0.05) is 24.6 Å². The van der Waals surface area contributed by atoms with Crippen molar-refractivity contribution in [1.29, 1.82) is 0 Å². The van der Waals surface area contributed by atoms with Gasteiger partial charge in [0.05, 0.1) is 30.5 Å². The lowest BCUT2D eigenvalue weighted by atomic mass is 9.97. The molecule has 0 bridgehead atoms. The van der Waals surface area contributed by atoms with Gasteiger partial charge in [0.2, 0.25) is 5.91 Å². The van der Waals surface area contributed by atoms with E-state index in [2.05, 4.69) is 26.2 Å². The van der Waals surface area contributed by atoms with Gasteiger partial charge in [-0.2, -0.15) is 0 Å². The van der Waals surface area contributed by atoms with E-state index in [1.165, 1.54) is 4.90 Å². The summed E-state index contributed by atoms with van der Waals surface area (Å²) in [6, 6.07) is 7.52. The van der Waals surface area contributed by atoms with Crippen LogP contribution in [0.25, 0.3) is 5.69 Å². The predicted octanol–water partition coefficient (Wildman–Crippen LogP) is 2.21. The maximum Gasteiger partial charge on any atom is 0.309 e. The molecule has 1 aromatic heterocycles. The Balaban J connectivity index is 1.60. The molecule has 2 aromatic rings. The van der Waals surface area contributed by atoms with Crippen LogP contribution in [-0.2, 0) is 14.3 Å². The van der Waals surface area contributed by atoms with Gasteiger partial charge in [-0.3, -0.25) is 14.4 Å². The van der Waals surface area contributed by atoms with Crippen LogP contribution in [0.15, 0.2) is 28.7 Å². The fourth-order valence-electron chi connectivity index (χ4n) is 3.56. The number of hydrogen-bond donors (Lipinski definition) is 0. The monoisotopic (exact) mass is 491 g/mol. The van der Waals surface area contributed by atoms with Gasteiger partial charge in [0.25, 0.3) is 5.91 Å². The Hall–Kier alpha value is -2.75. The lowest BCUT2D eigenvalue weighted by Gasteiger charge is -2.32. The van der Waals surface area contributed by atoms with E-state index in [9.17, 15) is 14.4 Å². The molecule has 10 heteroatoms. The normalized spacial score (nSPS) is 14.4. The van der Waals surface area contributed by atoms with Crippen LogP contribution in [0.5, 0.6) is 0 Å². The highest BCUT2D eigenvalue weighted by molar-refractivity contribution is 9.10. The highest BCUT2D eigenvalue weighted by atomic mass is 79.9. The van der Waals surface area contributed by atoms with E-state index in [0.29, 0.717) is 38.2 Å². The molecule has 1 aliphatic heterocycles. The number of piperidine rings is 1. The Labute approximate surface area is 189 Å². The standard InChI is InChI=1S/C21H26BrN5O4/c1-4-31-21(30)15-8-10-26(11-9-15)18(28)13-25(3)20(29)19-14(2)27(24-23-19)17-7-5-6-16(22)12-17/h5-7,12,15H,4,8-11,13H2,1-3H3. The topological polar surface area (TPSA) is 97.6 Å². The van der Waals surface area contributed by atoms with Gasteiger partial charge in [0.15, 0.2) is 5.69 Å². The summed E-state index contributed by atoms with van der Waals surface area (Å²) < 4.78 is 7.54. The number of rotatable bonds is 6. The summed E-state index contributed by atoms with van der Waals surface area (Å²) in [5.41, 5.74) is 1.58. The van der Waals surface area contributed by atoms with E-state index in [-0.39, 0.29) is 35.9 Å². The SMILES string of the molecule is CCOC(=O)C1CCN(C(=O)CN(C)C(=O)c2nnn(-c3cccc(Br)c3)c2C)CC1. The van der Waals surface area contributed by atoms with Crippen molar-refractivity contribution in [3.05, 3.63) is 40.1 Å². The third-order valence-electron chi connectivity index (χ3n) is 5.34. The maximum absolute atomic E-state index is 12.9. The first kappa shape index (κ1) is 22.9. The maximum atomic E-state index is 12.9. The largest absolute Gasteiger partial charge is 0.466 e. The lowest BCUT2D eigenvalue weighted by molar-refractivity contribution is -0.151. The van der Waals surface area contributed by atoms with Gasteiger partial charge in [-0.05, 0) is 44.9 Å². The van der Waals surface area contributed by atoms with Gasteiger partial charge in [0.1, 0.15) is 0 Å². The van der Waals surface area contributed by atoms with E-state index in [1.54, 1.807) is 30.5 Å². The number of carbonyl (C=O) groups excluding carboxylic acids is 3. The quantitative estimate of drug-likeness (QED) is 0.574. The molecule has 3 rings (SSSR count). The number of likely N-dealkylation sites (tertiary alicyclic amines) is 1. The molecule has 2 heterocycles. The van der Waals surface area contributed by atoms with Crippen molar-refractivity contribution in [2.24, 2.45) is 5.92 Å². The summed E-state index contributed by atoms with van der Waals surface area (Å²) in [4.78, 5) is 40.4. The smallest absolute Gasteiger partial charge is 0.309 e. The number of amides is 2. The summed E-state index contributed by atoms with van der Waals surface area (Å²) in [5.74, 6) is -0.895. The zero-order valence-electron chi connectivity index (χ0n) is 17.9. The first-order chi connectivity index (χ1) is 14.8. The second-order valence-corrected chi connectivity index (χ2v) is 8.40. The Morgan fingerprint density at radius 2 is 1.97 bits per heavy atom. The zero-order valence-corrected chi connectivity index (χ0v) is 19.5. The average Bonchev–Trinajstić information content (AvgIpc) is 3.14. The molecule has 0 radical (unpaired) electrons. The minimum absolute atomic E-state index is 0.0634. The van der Waals surface area contributed by atoms with Gasteiger partial charge >= 0.3 is 5.97 Å². The molecule has 0 aliphatic carbocycles. The molecule has 2 amide bonds. The molecule has 1 fully saturated rings. The van der Waals surface area contributed by atoms with E-state index in [4.69, 9.17) is 4.74 Å². The van der Waals surface area contributed by atoms with Crippen molar-refractivity contribution in [2.75, 3.05) is 33.3 Å². The van der Waals surface area contributed by atoms with Gasteiger partial charge < -0.3 is 14.5 Å². The number of aromatic nitrogens is 3. The van der Waals surface area contributed by atoms with Crippen LogP contribution in [0.2, 0.25) is 0 Å². The number of esters is 1. The van der Waals surface area contributed by atoms with Gasteiger partial charge in [-0.25, -0.2) is 4.68 Å². The molecule has 0 N–H and O–H groups in total. The number of hydrogen-bond acceptors (Lipinski definition) is 6. The van der Waals surface area contributed by atoms with Crippen LogP contribution in [-0.4, -0.2) is 75.9 Å². The van der Waals surface area contributed by atoms with E-state index >= 15 is 0 Å². The van der Waals surface area contributed by atoms with Crippen molar-refractivity contribution in [1.82, 2.24) is 24.8 Å². The molecule has 0 spiro atoms. The molecule has 0 unspecified atom stereocenters. The van der Waals surface area contributed by atoms with Crippen molar-refractivity contribution in [3.8, 4) is 5.69 Å². The van der Waals surface area contributed by atoms with Crippen molar-refractivity contribution in [3.63, 3.8) is 0 Å². The number of halogens is 1. The van der Waals surface area contributed by atoms with Crippen molar-refractivity contribution < 1.29 is 19.1 Å². The number of carbonyl (C=O) groups is 3. The molecule has 1 aliphatic rings. The van der Waals surface area contributed by atoms with Gasteiger partial charge in [-0.15, -0.1) is 5.10 Å². The Morgan fingerprint density at radius 3 is 2.61 bits per heavy atom. The van der Waals surface area contributed by atoms with E-state index in [1.807, 2.05) is 24.3 Å². The first-order valence-corrected chi connectivity index (χ1v) is 11.0. The van der Waals surface area contributed by atoms with Crippen LogP contribution in [0.3, 0.4) is 0 Å². The molecule has 0 saturated carbocycles. The van der Waals surface area contributed by atoms with Crippen molar-refractivity contribution >= 4 is 33.7 Å². The molecule has 31 heavy (non-hydrogen) atoms. The molecular formula is C21H26BrN5O4. The fourth-order valence-corrected chi connectivity index (χ4v) is 3.95. The number of nitrogens with zero attached hydrogens (tertiary/aromatic N) is 5. The van der Waals surface area contributed by atoms with E-state index in [0.717, 1.165) is 10.2 Å². The summed E-state index contributed by atoms with van der Waals surface area (Å²) in [6.07, 6.45) is 1.14. The zero-order chi connectivity index (χ0) is 22.5. The Bertz CT molecular complexity index is 968. The Morgan fingerprint density at radius 1 is 1.26 bits per heavy atom. The molecule has 0 atom stereocenters. The average molecular weight is 492 g/mol. The minimum atomic E-state index is -0.367. The number of ether oxygens (including phenoxy) is 1. The second-order valence-electron chi connectivity index (χ2n) is 7.48. The Kier molecular flexibility index (Phi) is 7.42. The summed E-state index contributed by atoms with van der Waals surface area (Å²) in [6.45, 7) is 4.79. The van der Waals surface area contributed by atoms with Crippen LogP contribution in [0.1, 0.15) is 35.9 Å². The third kappa shape index (κ3) is 5.30. The van der Waals surface area contributed by atoms with Crippen LogP contribution in [0, 0.1) is 12.8 Å². The minimum Gasteiger partial charge on any atom is -0.466 e. The number of likely N-dealkylation sites (N-methyl/N-ethyl adjacent to an activating group) is 1. The summed E-state index contributed by atoms with van der Waals surface area (Å²) in [5, 5.41) is 8.14. The van der Waals surface area contributed by atoms with Crippen LogP contribution in [0.4, 0.5) is 0 Å². The molecule has 1 aromatic carbocycles. The van der Waals surface area contributed by atoms with Crippen LogP contribution >= 0.6 is 15.9 Å². The fraction of sp³-hybridized carbons (Fsp3) is 0.476. The molecule has 166 valence electrons. The molecule has 1 saturated heterocycles.